The van der Waals surface area contributed by atoms with Crippen molar-refractivity contribution in [2.45, 2.75) is 23.2 Å². The van der Waals surface area contributed by atoms with Crippen molar-refractivity contribution in [2.24, 2.45) is 0 Å². The lowest BCUT2D eigenvalue weighted by atomic mass is 10.1. The number of sulfone groups is 1. The van der Waals surface area contributed by atoms with Crippen LogP contribution in [0.2, 0.25) is 0 Å². The van der Waals surface area contributed by atoms with Crippen LogP contribution >= 0.6 is 0 Å². The number of halogens is 9. The molecule has 0 radical (unpaired) electrons. The van der Waals surface area contributed by atoms with Gasteiger partial charge in [-0.05, 0) is 36.4 Å². The highest BCUT2D eigenvalue weighted by atomic mass is 32.2. The summed E-state index contributed by atoms with van der Waals surface area (Å²) in [5.41, 5.74) is -1.94. The number of alkyl halides is 8. The van der Waals surface area contributed by atoms with Crippen molar-refractivity contribution in [2.75, 3.05) is 43.9 Å². The first-order valence-corrected chi connectivity index (χ1v) is 12.5. The maximum absolute atomic E-state index is 13.9. The van der Waals surface area contributed by atoms with Crippen LogP contribution in [0.4, 0.5) is 45.2 Å². The number of hydrogen-bond acceptors (Lipinski definition) is 5. The summed E-state index contributed by atoms with van der Waals surface area (Å²) in [6, 6.07) is 4.76. The molecule has 2 aromatic carbocycles. The van der Waals surface area contributed by atoms with E-state index < -0.39 is 68.2 Å². The number of anilines is 1. The average Bonchev–Trinajstić information content (AvgIpc) is 2.80. The fourth-order valence-corrected chi connectivity index (χ4v) is 4.20. The first-order valence-electron chi connectivity index (χ1n) is 10.6. The van der Waals surface area contributed by atoms with E-state index in [0.717, 1.165) is 35.4 Å². The normalized spacial score (nSPS) is 15.5. The number of hydrogen-bond donors (Lipinski definition) is 0. The molecular formula is C22H19F9N2O4S. The second kappa shape index (κ2) is 10.2. The largest absolute Gasteiger partial charge is 0.486 e. The molecule has 0 spiro atoms. The molecule has 2 aromatic rings. The highest BCUT2D eigenvalue weighted by molar-refractivity contribution is 7.90. The molecular weight excluding hydrogens is 559 g/mol. The Kier molecular flexibility index (Phi) is 7.88. The number of rotatable bonds is 6. The van der Waals surface area contributed by atoms with Crippen molar-refractivity contribution in [1.82, 2.24) is 4.90 Å². The molecule has 210 valence electrons. The Labute approximate surface area is 210 Å². The summed E-state index contributed by atoms with van der Waals surface area (Å²) in [5, 5.41) is 0. The topological polar surface area (TPSA) is 66.9 Å². The van der Waals surface area contributed by atoms with E-state index in [4.69, 9.17) is 0 Å². The fraction of sp³-hybridized carbons (Fsp3) is 0.409. The number of amides is 1. The van der Waals surface area contributed by atoms with Crippen molar-refractivity contribution in [3.8, 4) is 5.75 Å². The lowest BCUT2D eigenvalue weighted by molar-refractivity contribution is -0.290. The lowest BCUT2D eigenvalue weighted by Crippen LogP contribution is -2.49. The summed E-state index contributed by atoms with van der Waals surface area (Å²) in [6.45, 7) is -2.43. The fourth-order valence-electron chi connectivity index (χ4n) is 3.55. The number of nitrogens with zero attached hydrogens (tertiary/aromatic N) is 2. The molecule has 3 rings (SSSR count). The minimum absolute atomic E-state index is 0.00928. The summed E-state index contributed by atoms with van der Waals surface area (Å²) in [6.07, 6.45) is -10.0. The summed E-state index contributed by atoms with van der Waals surface area (Å²) < 4.78 is 145. The molecule has 0 saturated carbocycles. The van der Waals surface area contributed by atoms with Gasteiger partial charge in [-0.1, -0.05) is 0 Å². The molecule has 1 fully saturated rings. The Morgan fingerprint density at radius 3 is 2.03 bits per heavy atom. The number of carbonyl (C=O) groups is 1. The second-order valence-corrected chi connectivity index (χ2v) is 10.4. The molecule has 1 amide bonds. The molecule has 0 atom stereocenters. The van der Waals surface area contributed by atoms with Crippen molar-refractivity contribution in [3.63, 3.8) is 0 Å². The van der Waals surface area contributed by atoms with Crippen LogP contribution in [0.1, 0.15) is 15.9 Å². The summed E-state index contributed by atoms with van der Waals surface area (Å²) >= 11 is 0. The van der Waals surface area contributed by atoms with Crippen molar-refractivity contribution >= 4 is 21.4 Å². The van der Waals surface area contributed by atoms with Gasteiger partial charge in [-0.25, -0.2) is 12.8 Å². The Hall–Kier alpha value is -3.17. The highest BCUT2D eigenvalue weighted by Gasteiger charge is 2.58. The molecule has 16 heteroatoms. The monoisotopic (exact) mass is 578 g/mol. The van der Waals surface area contributed by atoms with Gasteiger partial charge >= 0.3 is 18.3 Å². The zero-order chi connectivity index (χ0) is 28.7. The zero-order valence-electron chi connectivity index (χ0n) is 19.3. The van der Waals surface area contributed by atoms with E-state index in [-0.39, 0.29) is 31.9 Å². The minimum Gasteiger partial charge on any atom is -0.486 e. The molecule has 1 heterocycles. The highest BCUT2D eigenvalue weighted by Crippen LogP contribution is 2.37. The van der Waals surface area contributed by atoms with Crippen molar-refractivity contribution in [1.29, 1.82) is 0 Å². The van der Waals surface area contributed by atoms with Crippen LogP contribution in [0, 0.1) is 5.82 Å². The van der Waals surface area contributed by atoms with E-state index in [9.17, 15) is 52.7 Å². The Balaban J connectivity index is 1.81. The molecule has 6 nitrogen and oxygen atoms in total. The number of ether oxygens (including phenoxy) is 1. The number of carbonyl (C=O) groups excluding carboxylic acids is 1. The maximum Gasteiger partial charge on any atom is 0.456 e. The molecule has 0 N–H and O–H groups in total. The molecule has 0 aromatic heterocycles. The molecule has 0 unspecified atom stereocenters. The molecule has 0 bridgehead atoms. The second-order valence-electron chi connectivity index (χ2n) is 8.36. The van der Waals surface area contributed by atoms with Crippen molar-refractivity contribution in [3.05, 3.63) is 53.3 Å². The molecule has 38 heavy (non-hydrogen) atoms. The predicted molar refractivity (Wildman–Crippen MR) is 116 cm³/mol. The van der Waals surface area contributed by atoms with Gasteiger partial charge < -0.3 is 14.5 Å². The van der Waals surface area contributed by atoms with Gasteiger partial charge in [-0.15, -0.1) is 0 Å². The standard InChI is InChI=1S/C22H19F9N2O4S/c1-38(35,36)14-3-5-18(37-12-20(24,25)22(29,30)31)15(11-14)19(34)33-8-6-32(7-9-33)13-2-4-16(17(23)10-13)21(26,27)28/h2-5,10-11H,6-9,12H2,1H3. The predicted octanol–water partition coefficient (Wildman–Crippen LogP) is 4.79. The first-order chi connectivity index (χ1) is 17.3. The summed E-state index contributed by atoms with van der Waals surface area (Å²) in [7, 11) is -3.91. The molecule has 1 aliphatic heterocycles. The van der Waals surface area contributed by atoms with E-state index in [0.29, 0.717) is 12.1 Å². The Morgan fingerprint density at radius 1 is 0.921 bits per heavy atom. The minimum atomic E-state index is -5.93. The van der Waals surface area contributed by atoms with Gasteiger partial charge in [0.15, 0.2) is 16.4 Å². The molecule has 1 aliphatic rings. The van der Waals surface area contributed by atoms with Gasteiger partial charge in [0.05, 0.1) is 16.0 Å². The van der Waals surface area contributed by atoms with E-state index in [1.54, 1.807) is 0 Å². The van der Waals surface area contributed by atoms with Gasteiger partial charge in [-0.2, -0.15) is 35.1 Å². The van der Waals surface area contributed by atoms with E-state index in [1.165, 1.54) is 4.90 Å². The lowest BCUT2D eigenvalue weighted by Gasteiger charge is -2.36. The zero-order valence-corrected chi connectivity index (χ0v) is 20.2. The maximum atomic E-state index is 13.9. The van der Waals surface area contributed by atoms with E-state index in [1.807, 2.05) is 0 Å². The van der Waals surface area contributed by atoms with Crippen LogP contribution in [-0.4, -0.2) is 70.4 Å². The average molecular weight is 578 g/mol. The van der Waals surface area contributed by atoms with Gasteiger partial charge in [-0.3, -0.25) is 4.79 Å². The third-order valence-corrected chi connectivity index (χ3v) is 6.73. The van der Waals surface area contributed by atoms with Crippen LogP contribution in [0.25, 0.3) is 0 Å². The summed E-state index contributed by atoms with van der Waals surface area (Å²) in [4.78, 5) is 15.3. The van der Waals surface area contributed by atoms with Gasteiger partial charge in [0.1, 0.15) is 11.6 Å². The van der Waals surface area contributed by atoms with Crippen molar-refractivity contribution < 1.29 is 57.5 Å². The number of benzene rings is 2. The Morgan fingerprint density at radius 2 is 1.53 bits per heavy atom. The molecule has 1 saturated heterocycles. The Bertz CT molecular complexity index is 1300. The first kappa shape index (κ1) is 29.4. The third kappa shape index (κ3) is 6.45. The van der Waals surface area contributed by atoms with E-state index in [2.05, 4.69) is 4.74 Å². The summed E-state index contributed by atoms with van der Waals surface area (Å²) in [5.74, 6) is -8.41. The van der Waals surface area contributed by atoms with Gasteiger partial charge in [0.2, 0.25) is 0 Å². The third-order valence-electron chi connectivity index (χ3n) is 5.62. The van der Waals surface area contributed by atoms with E-state index >= 15 is 0 Å². The van der Waals surface area contributed by atoms with Crippen LogP contribution in [0.3, 0.4) is 0 Å². The SMILES string of the molecule is CS(=O)(=O)c1ccc(OCC(F)(F)C(F)(F)F)c(C(=O)N2CCN(c3ccc(C(F)(F)F)c(F)c3)CC2)c1. The van der Waals surface area contributed by atoms with Crippen LogP contribution in [0.5, 0.6) is 5.75 Å². The van der Waals surface area contributed by atoms with Crippen LogP contribution in [0.15, 0.2) is 41.3 Å². The van der Waals surface area contributed by atoms with Crippen LogP contribution in [-0.2, 0) is 16.0 Å². The van der Waals surface area contributed by atoms with Gasteiger partial charge in [0.25, 0.3) is 5.91 Å². The quantitative estimate of drug-likeness (QED) is 0.462. The molecule has 0 aliphatic carbocycles. The van der Waals surface area contributed by atoms with Gasteiger partial charge in [0, 0.05) is 38.1 Å². The van der Waals surface area contributed by atoms with Crippen LogP contribution < -0.4 is 9.64 Å². The smallest absolute Gasteiger partial charge is 0.456 e. The number of piperazine rings is 1.